The van der Waals surface area contributed by atoms with Gasteiger partial charge in [0.1, 0.15) is 5.37 Å². The van der Waals surface area contributed by atoms with Gasteiger partial charge in [0, 0.05) is 30.9 Å². The summed E-state index contributed by atoms with van der Waals surface area (Å²) in [6.45, 7) is 1.73. The van der Waals surface area contributed by atoms with Crippen LogP contribution in [0.15, 0.2) is 0 Å². The summed E-state index contributed by atoms with van der Waals surface area (Å²) in [5, 5.41) is -0.277. The first-order valence-electron chi connectivity index (χ1n) is 4.67. The van der Waals surface area contributed by atoms with Crippen molar-refractivity contribution in [2.75, 3.05) is 36.6 Å². The normalized spacial score (nSPS) is 25.1. The fourth-order valence-corrected chi connectivity index (χ4v) is 4.65. The van der Waals surface area contributed by atoms with E-state index in [0.717, 1.165) is 31.0 Å². The van der Waals surface area contributed by atoms with Crippen molar-refractivity contribution in [3.63, 3.8) is 0 Å². The van der Waals surface area contributed by atoms with E-state index in [4.69, 9.17) is 0 Å². The molecule has 1 rings (SSSR count). The summed E-state index contributed by atoms with van der Waals surface area (Å²) in [6, 6.07) is 0. The summed E-state index contributed by atoms with van der Waals surface area (Å²) in [5.41, 5.74) is 0. The second kappa shape index (κ2) is 5.63. The average Bonchev–Trinajstić information content (AvgIpc) is 2.14. The van der Waals surface area contributed by atoms with Crippen LogP contribution < -0.4 is 0 Å². The van der Waals surface area contributed by atoms with E-state index in [2.05, 4.69) is 17.5 Å². The highest BCUT2D eigenvalue weighted by Crippen LogP contribution is 2.20. The first-order valence-corrected chi connectivity index (χ1v) is 8.41. The minimum absolute atomic E-state index is 0.277. The highest BCUT2D eigenvalue weighted by molar-refractivity contribution is 8.00. The lowest BCUT2D eigenvalue weighted by molar-refractivity contribution is 0.272. The molecule has 1 heterocycles. The summed E-state index contributed by atoms with van der Waals surface area (Å²) in [5.74, 6) is 2.57. The molecule has 1 saturated heterocycles. The average molecular weight is 255 g/mol. The van der Waals surface area contributed by atoms with E-state index in [1.165, 1.54) is 6.26 Å². The highest BCUT2D eigenvalue weighted by atomic mass is 32.2. The molecule has 0 spiro atoms. The van der Waals surface area contributed by atoms with Crippen LogP contribution in [0.2, 0.25) is 0 Å². The molecule has 6 heteroatoms. The van der Waals surface area contributed by atoms with Crippen LogP contribution in [0.1, 0.15) is 6.42 Å². The van der Waals surface area contributed by atoms with Gasteiger partial charge in [0.05, 0.1) is 0 Å². The van der Waals surface area contributed by atoms with E-state index < -0.39 is 9.84 Å². The molecule has 0 aromatic carbocycles. The van der Waals surface area contributed by atoms with Crippen LogP contribution in [0.25, 0.3) is 0 Å². The van der Waals surface area contributed by atoms with Gasteiger partial charge in [-0.15, -0.1) is 0 Å². The molecule has 0 bridgehead atoms. The minimum atomic E-state index is -2.93. The monoisotopic (exact) mass is 255 g/mol. The molecule has 0 aromatic rings. The first-order chi connectivity index (χ1) is 6.55. The van der Waals surface area contributed by atoms with Crippen molar-refractivity contribution < 1.29 is 8.42 Å². The fraction of sp³-hybridized carbons (Fsp3) is 1.00. The largest absolute Gasteiger partial charge is 0.286 e. The van der Waals surface area contributed by atoms with Gasteiger partial charge < -0.3 is 0 Å². The van der Waals surface area contributed by atoms with E-state index in [-0.39, 0.29) is 5.37 Å². The van der Waals surface area contributed by atoms with Gasteiger partial charge in [-0.25, -0.2) is 8.42 Å². The predicted octanol–water partition coefficient (Wildman–Crippen LogP) is 0.726. The molecule has 3 nitrogen and oxygen atoms in total. The molecule has 0 aliphatic carbocycles. The molecule has 0 amide bonds. The topological polar surface area (TPSA) is 37.4 Å². The van der Waals surface area contributed by atoms with Gasteiger partial charge in [-0.2, -0.15) is 24.4 Å². The number of hydrogen-bond acceptors (Lipinski definition) is 5. The SMILES string of the molecule is CS(=O)(=O)C1CSCCN1CCCS. The van der Waals surface area contributed by atoms with Crippen LogP contribution in [0.3, 0.4) is 0 Å². The number of nitrogens with zero attached hydrogens (tertiary/aromatic N) is 1. The van der Waals surface area contributed by atoms with E-state index >= 15 is 0 Å². The molecule has 1 aliphatic rings. The van der Waals surface area contributed by atoms with Crippen molar-refractivity contribution >= 4 is 34.2 Å². The Kier molecular flexibility index (Phi) is 5.10. The van der Waals surface area contributed by atoms with Crippen LogP contribution >= 0.6 is 24.4 Å². The molecule has 0 N–H and O–H groups in total. The Balaban J connectivity index is 2.60. The molecule has 0 saturated carbocycles. The van der Waals surface area contributed by atoms with Crippen LogP contribution in [-0.4, -0.2) is 55.3 Å². The van der Waals surface area contributed by atoms with Gasteiger partial charge in [-0.05, 0) is 12.2 Å². The van der Waals surface area contributed by atoms with E-state index in [0.29, 0.717) is 5.75 Å². The zero-order chi connectivity index (χ0) is 10.6. The van der Waals surface area contributed by atoms with Crippen LogP contribution in [0.5, 0.6) is 0 Å². The number of rotatable bonds is 4. The Morgan fingerprint density at radius 2 is 2.29 bits per heavy atom. The molecule has 0 radical (unpaired) electrons. The lowest BCUT2D eigenvalue weighted by Gasteiger charge is -2.33. The van der Waals surface area contributed by atoms with Crippen molar-refractivity contribution in [1.82, 2.24) is 4.90 Å². The maximum atomic E-state index is 11.5. The van der Waals surface area contributed by atoms with Crippen molar-refractivity contribution in [2.45, 2.75) is 11.8 Å². The van der Waals surface area contributed by atoms with Crippen molar-refractivity contribution in [2.24, 2.45) is 0 Å². The summed E-state index contributed by atoms with van der Waals surface area (Å²) < 4.78 is 23.0. The molecular weight excluding hydrogens is 238 g/mol. The highest BCUT2D eigenvalue weighted by Gasteiger charge is 2.30. The van der Waals surface area contributed by atoms with Gasteiger partial charge in [-0.1, -0.05) is 0 Å². The van der Waals surface area contributed by atoms with Gasteiger partial charge in [0.15, 0.2) is 9.84 Å². The third-order valence-corrected chi connectivity index (χ3v) is 5.29. The summed E-state index contributed by atoms with van der Waals surface area (Å²) in [6.07, 6.45) is 2.29. The molecule has 1 unspecified atom stereocenters. The predicted molar refractivity (Wildman–Crippen MR) is 66.0 cm³/mol. The molecular formula is C8H17NO2S3. The van der Waals surface area contributed by atoms with Crippen molar-refractivity contribution in [1.29, 1.82) is 0 Å². The Labute approximate surface area is 96.0 Å². The first kappa shape index (κ1) is 12.7. The van der Waals surface area contributed by atoms with E-state index in [1.54, 1.807) is 11.8 Å². The molecule has 14 heavy (non-hydrogen) atoms. The third kappa shape index (κ3) is 3.64. The molecule has 1 aliphatic heterocycles. The zero-order valence-corrected chi connectivity index (χ0v) is 10.9. The number of hydrogen-bond donors (Lipinski definition) is 1. The Hall–Kier alpha value is 0.610. The van der Waals surface area contributed by atoms with Gasteiger partial charge in [0.25, 0.3) is 0 Å². The Bertz CT molecular complexity index is 266. The number of thiol groups is 1. The van der Waals surface area contributed by atoms with Gasteiger partial charge in [0.2, 0.25) is 0 Å². The Morgan fingerprint density at radius 1 is 1.57 bits per heavy atom. The Morgan fingerprint density at radius 3 is 2.86 bits per heavy atom. The maximum absolute atomic E-state index is 11.5. The molecule has 0 aromatic heterocycles. The lowest BCUT2D eigenvalue weighted by atomic mass is 10.4. The van der Waals surface area contributed by atoms with Crippen LogP contribution in [0, 0.1) is 0 Å². The van der Waals surface area contributed by atoms with E-state index in [9.17, 15) is 8.42 Å². The second-order valence-corrected chi connectivity index (χ2v) is 7.27. The van der Waals surface area contributed by atoms with Gasteiger partial charge in [-0.3, -0.25) is 4.90 Å². The quantitative estimate of drug-likeness (QED) is 0.752. The molecule has 1 atom stereocenters. The maximum Gasteiger partial charge on any atom is 0.164 e. The van der Waals surface area contributed by atoms with Crippen molar-refractivity contribution in [3.8, 4) is 0 Å². The van der Waals surface area contributed by atoms with Gasteiger partial charge >= 0.3 is 0 Å². The van der Waals surface area contributed by atoms with Crippen LogP contribution in [-0.2, 0) is 9.84 Å². The number of thioether (sulfide) groups is 1. The standard InChI is InChI=1S/C8H17NO2S3/c1-14(10,11)8-7-13-6-4-9(8)3-2-5-12/h8,12H,2-7H2,1H3. The summed E-state index contributed by atoms with van der Waals surface area (Å²) in [4.78, 5) is 2.07. The minimum Gasteiger partial charge on any atom is -0.286 e. The number of sulfone groups is 1. The third-order valence-electron chi connectivity index (χ3n) is 2.29. The zero-order valence-electron chi connectivity index (χ0n) is 8.35. The summed E-state index contributed by atoms with van der Waals surface area (Å²) in [7, 11) is -2.93. The van der Waals surface area contributed by atoms with Crippen molar-refractivity contribution in [3.05, 3.63) is 0 Å². The lowest BCUT2D eigenvalue weighted by Crippen LogP contribution is -2.47. The second-order valence-electron chi connectivity index (χ2n) is 3.47. The smallest absolute Gasteiger partial charge is 0.164 e. The molecule has 1 fully saturated rings. The van der Waals surface area contributed by atoms with Crippen LogP contribution in [0.4, 0.5) is 0 Å². The van der Waals surface area contributed by atoms with E-state index in [1.807, 2.05) is 0 Å². The fourth-order valence-electron chi connectivity index (χ4n) is 1.54. The summed E-state index contributed by atoms with van der Waals surface area (Å²) >= 11 is 5.87. The molecule has 84 valence electrons.